The molecule has 2 aromatic rings. The first-order valence-electron chi connectivity index (χ1n) is 8.24. The summed E-state index contributed by atoms with van der Waals surface area (Å²) in [5, 5.41) is 14.1. The third-order valence-corrected chi connectivity index (χ3v) is 5.09. The second kappa shape index (κ2) is 6.34. The lowest BCUT2D eigenvalue weighted by molar-refractivity contribution is 0.0698. The maximum atomic E-state index is 11.7. The molecule has 1 fully saturated rings. The topological polar surface area (TPSA) is 57.5 Å². The Morgan fingerprint density at radius 3 is 2.61 bits per heavy atom. The van der Waals surface area contributed by atoms with Crippen molar-refractivity contribution in [3.05, 3.63) is 34.5 Å². The molecule has 0 amide bonds. The number of carbonyl (C=O) groups is 1. The van der Waals surface area contributed by atoms with Gasteiger partial charge >= 0.3 is 5.97 Å². The van der Waals surface area contributed by atoms with Gasteiger partial charge in [0.2, 0.25) is 0 Å². The molecule has 1 saturated heterocycles. The molecule has 0 spiro atoms. The van der Waals surface area contributed by atoms with Gasteiger partial charge in [-0.05, 0) is 31.4 Å². The van der Waals surface area contributed by atoms with Gasteiger partial charge in [0.1, 0.15) is 0 Å². The van der Waals surface area contributed by atoms with Crippen molar-refractivity contribution in [2.45, 2.75) is 20.3 Å². The normalized spacial score (nSPS) is 16.1. The average molecular weight is 315 g/mol. The number of aromatic nitrogens is 1. The van der Waals surface area contributed by atoms with Gasteiger partial charge in [-0.15, -0.1) is 0 Å². The number of fused-ring (bicyclic) bond motifs is 1. The van der Waals surface area contributed by atoms with Crippen molar-refractivity contribution in [3.8, 4) is 0 Å². The van der Waals surface area contributed by atoms with Crippen LogP contribution < -0.4 is 5.32 Å². The average Bonchev–Trinajstić information content (AvgIpc) is 2.78. The van der Waals surface area contributed by atoms with Crippen LogP contribution in [0.25, 0.3) is 10.9 Å². The van der Waals surface area contributed by atoms with Crippen LogP contribution >= 0.6 is 0 Å². The zero-order valence-corrected chi connectivity index (χ0v) is 14.1. The molecule has 0 radical (unpaired) electrons. The first-order chi connectivity index (χ1) is 11.0. The van der Waals surface area contributed by atoms with Crippen LogP contribution in [0.15, 0.2) is 12.1 Å². The van der Waals surface area contributed by atoms with Gasteiger partial charge in [0.05, 0.1) is 11.1 Å². The second-order valence-electron chi connectivity index (χ2n) is 6.42. The number of carboxylic acid groups (broad SMARTS) is 1. The summed E-state index contributed by atoms with van der Waals surface area (Å²) in [6.45, 7) is 9.26. The van der Waals surface area contributed by atoms with Gasteiger partial charge in [-0.1, -0.05) is 12.1 Å². The lowest BCUT2D eigenvalue weighted by atomic mass is 10.0. The number of carboxylic acids is 1. The van der Waals surface area contributed by atoms with Crippen LogP contribution in [0, 0.1) is 13.8 Å². The summed E-state index contributed by atoms with van der Waals surface area (Å²) in [7, 11) is 1.97. The van der Waals surface area contributed by atoms with Gasteiger partial charge in [0, 0.05) is 50.9 Å². The Bertz CT molecular complexity index is 743. The van der Waals surface area contributed by atoms with Crippen LogP contribution in [0.1, 0.15) is 27.2 Å². The first-order valence-corrected chi connectivity index (χ1v) is 8.24. The molecule has 5 nitrogen and oxygen atoms in total. The van der Waals surface area contributed by atoms with Crippen molar-refractivity contribution >= 4 is 16.9 Å². The van der Waals surface area contributed by atoms with E-state index in [0.29, 0.717) is 5.56 Å². The number of piperazine rings is 1. The minimum Gasteiger partial charge on any atom is -0.478 e. The molecule has 5 heteroatoms. The molecule has 3 rings (SSSR count). The predicted molar refractivity (Wildman–Crippen MR) is 92.4 cm³/mol. The third kappa shape index (κ3) is 2.86. The highest BCUT2D eigenvalue weighted by molar-refractivity contribution is 6.05. The van der Waals surface area contributed by atoms with Crippen molar-refractivity contribution in [3.63, 3.8) is 0 Å². The number of rotatable bonds is 4. The van der Waals surface area contributed by atoms with Crippen LogP contribution in [-0.2, 0) is 13.5 Å². The Morgan fingerprint density at radius 1 is 1.26 bits per heavy atom. The number of nitrogens with one attached hydrogen (secondary N) is 1. The molecule has 1 aliphatic rings. The van der Waals surface area contributed by atoms with E-state index in [-0.39, 0.29) is 0 Å². The number of hydrogen-bond acceptors (Lipinski definition) is 3. The van der Waals surface area contributed by atoms with Crippen LogP contribution in [0.4, 0.5) is 0 Å². The Morgan fingerprint density at radius 2 is 1.96 bits per heavy atom. The summed E-state index contributed by atoms with van der Waals surface area (Å²) in [6, 6.07) is 4.01. The van der Waals surface area contributed by atoms with E-state index in [0.717, 1.165) is 55.6 Å². The number of benzene rings is 1. The zero-order chi connectivity index (χ0) is 16.6. The monoisotopic (exact) mass is 315 g/mol. The van der Waals surface area contributed by atoms with E-state index in [1.807, 2.05) is 24.6 Å². The van der Waals surface area contributed by atoms with E-state index in [4.69, 9.17) is 0 Å². The minimum atomic E-state index is -0.845. The first kappa shape index (κ1) is 16.0. The molecule has 1 aromatic carbocycles. The smallest absolute Gasteiger partial charge is 0.338 e. The zero-order valence-electron chi connectivity index (χ0n) is 14.1. The third-order valence-electron chi connectivity index (χ3n) is 5.09. The fraction of sp³-hybridized carbons (Fsp3) is 0.500. The molecule has 0 saturated carbocycles. The highest BCUT2D eigenvalue weighted by atomic mass is 16.4. The number of hydrogen-bond donors (Lipinski definition) is 2. The van der Waals surface area contributed by atoms with Gasteiger partial charge in [-0.3, -0.25) is 0 Å². The fourth-order valence-corrected chi connectivity index (χ4v) is 3.64. The standard InChI is InChI=1S/C18H25N3O2/c1-12-4-5-15-14(6-9-21-10-7-19-8-11-21)13(2)20(3)17(15)16(12)18(22)23/h4-5,19H,6-11H2,1-3H3,(H,22,23). The van der Waals surface area contributed by atoms with Crippen molar-refractivity contribution in [2.75, 3.05) is 32.7 Å². The summed E-state index contributed by atoms with van der Waals surface area (Å²) in [4.78, 5) is 14.2. The molecule has 1 aromatic heterocycles. The maximum absolute atomic E-state index is 11.7. The highest BCUT2D eigenvalue weighted by Gasteiger charge is 2.20. The van der Waals surface area contributed by atoms with E-state index < -0.39 is 5.97 Å². The van der Waals surface area contributed by atoms with Gasteiger partial charge in [0.15, 0.2) is 0 Å². The van der Waals surface area contributed by atoms with Gasteiger partial charge in [-0.25, -0.2) is 4.79 Å². The van der Waals surface area contributed by atoms with E-state index in [2.05, 4.69) is 23.2 Å². The quantitative estimate of drug-likeness (QED) is 0.905. The van der Waals surface area contributed by atoms with E-state index >= 15 is 0 Å². The molecule has 1 aliphatic heterocycles. The molecular formula is C18H25N3O2. The molecule has 2 N–H and O–H groups in total. The van der Waals surface area contributed by atoms with Crippen molar-refractivity contribution in [2.24, 2.45) is 7.05 Å². The van der Waals surface area contributed by atoms with Gasteiger partial charge < -0.3 is 19.9 Å². The summed E-state index contributed by atoms with van der Waals surface area (Å²) < 4.78 is 2.04. The Kier molecular flexibility index (Phi) is 4.41. The molecule has 0 unspecified atom stereocenters. The van der Waals surface area contributed by atoms with E-state index in [1.54, 1.807) is 0 Å². The number of nitrogens with zero attached hydrogens (tertiary/aromatic N) is 2. The van der Waals surface area contributed by atoms with Crippen molar-refractivity contribution in [1.82, 2.24) is 14.8 Å². The molecule has 23 heavy (non-hydrogen) atoms. The lowest BCUT2D eigenvalue weighted by Gasteiger charge is -2.27. The van der Waals surface area contributed by atoms with Crippen LogP contribution in [-0.4, -0.2) is 53.3 Å². The van der Waals surface area contributed by atoms with Gasteiger partial charge in [0.25, 0.3) is 0 Å². The summed E-state index contributed by atoms with van der Waals surface area (Å²) in [6.07, 6.45) is 0.964. The molecule has 0 aliphatic carbocycles. The largest absolute Gasteiger partial charge is 0.478 e. The van der Waals surface area contributed by atoms with Crippen LogP contribution in [0.2, 0.25) is 0 Å². The minimum absolute atomic E-state index is 0.432. The van der Waals surface area contributed by atoms with Crippen molar-refractivity contribution in [1.29, 1.82) is 0 Å². The summed E-state index contributed by atoms with van der Waals surface area (Å²) in [5.41, 5.74) is 4.55. The van der Waals surface area contributed by atoms with Crippen LogP contribution in [0.3, 0.4) is 0 Å². The van der Waals surface area contributed by atoms with E-state index in [1.165, 1.54) is 11.3 Å². The molecular weight excluding hydrogens is 290 g/mol. The highest BCUT2D eigenvalue weighted by Crippen LogP contribution is 2.30. The Labute approximate surface area is 136 Å². The molecule has 124 valence electrons. The fourth-order valence-electron chi connectivity index (χ4n) is 3.64. The van der Waals surface area contributed by atoms with Gasteiger partial charge in [-0.2, -0.15) is 0 Å². The number of aromatic carboxylic acids is 1. The SMILES string of the molecule is Cc1ccc2c(CCN3CCNCC3)c(C)n(C)c2c1C(=O)O. The van der Waals surface area contributed by atoms with Crippen molar-refractivity contribution < 1.29 is 9.90 Å². The van der Waals surface area contributed by atoms with Crippen LogP contribution in [0.5, 0.6) is 0 Å². The lowest BCUT2D eigenvalue weighted by Crippen LogP contribution is -2.44. The Hall–Kier alpha value is -1.85. The molecule has 2 heterocycles. The van der Waals surface area contributed by atoms with E-state index in [9.17, 15) is 9.90 Å². The predicted octanol–water partition coefficient (Wildman–Crippen LogP) is 1.94. The summed E-state index contributed by atoms with van der Waals surface area (Å²) >= 11 is 0. The molecule has 0 atom stereocenters. The summed E-state index contributed by atoms with van der Waals surface area (Å²) in [5.74, 6) is -0.845. The maximum Gasteiger partial charge on any atom is 0.338 e. The number of aryl methyl sites for hydroxylation is 2. The molecule has 0 bridgehead atoms. The second-order valence-corrected chi connectivity index (χ2v) is 6.42. The Balaban J connectivity index is 1.99.